The lowest BCUT2D eigenvalue weighted by atomic mass is 9.78. The number of hydrogen-bond acceptors (Lipinski definition) is 8. The number of pyridine rings is 4. The van der Waals surface area contributed by atoms with Crippen LogP contribution in [0.1, 0.15) is 222 Å². The topological polar surface area (TPSA) is 108 Å². The molecule has 1 saturated heterocycles. The molecule has 0 N–H and O–H groups in total. The first-order chi connectivity index (χ1) is 34.1. The van der Waals surface area contributed by atoms with Crippen molar-refractivity contribution in [2.75, 3.05) is 39.3 Å². The number of nitriles is 1. The van der Waals surface area contributed by atoms with E-state index in [1.165, 1.54) is 28.8 Å². The SMILES string of the molecule is C=CC(=O)N1CCN(CCOc2ccnc(C(C)(C)C)c2C(C)(C)C)CC1.CC(C)(C)c1cc(C#N)cnc1C(C)(C)C.CC(C)(C)c1cc(C(F)(F)F)cnc1C(C)(C)C.CC(C)(C)c1cc(Cl)cnc1C(C)(C)C. The molecule has 76 heavy (non-hydrogen) atoms. The fraction of sp³-hybridized carbons (Fsp3) is 0.619. The predicted octanol–water partition coefficient (Wildman–Crippen LogP) is 16.0. The maximum Gasteiger partial charge on any atom is 0.417 e. The highest BCUT2D eigenvalue weighted by molar-refractivity contribution is 6.30. The smallest absolute Gasteiger partial charge is 0.417 e. The van der Waals surface area contributed by atoms with Crippen molar-refractivity contribution in [1.29, 1.82) is 5.26 Å². The zero-order chi connectivity index (χ0) is 59.0. The third-order valence-electron chi connectivity index (χ3n) is 12.5. The fourth-order valence-electron chi connectivity index (χ4n) is 8.56. The highest BCUT2D eigenvalue weighted by Gasteiger charge is 2.36. The zero-order valence-corrected chi connectivity index (χ0v) is 51.9. The van der Waals surface area contributed by atoms with Gasteiger partial charge in [-0.05, 0) is 68.7 Å². The predicted molar refractivity (Wildman–Crippen MR) is 310 cm³/mol. The Morgan fingerprint density at radius 1 is 0.605 bits per heavy atom. The highest BCUT2D eigenvalue weighted by atomic mass is 35.5. The molecular formula is C63H95ClF3N7O2. The van der Waals surface area contributed by atoms with E-state index in [0.717, 1.165) is 67.4 Å². The third-order valence-corrected chi connectivity index (χ3v) is 12.7. The van der Waals surface area contributed by atoms with Gasteiger partial charge in [-0.2, -0.15) is 18.4 Å². The van der Waals surface area contributed by atoms with Crippen LogP contribution in [0, 0.1) is 11.3 Å². The van der Waals surface area contributed by atoms with Crippen molar-refractivity contribution in [3.8, 4) is 11.8 Å². The van der Waals surface area contributed by atoms with Crippen molar-refractivity contribution < 1.29 is 22.7 Å². The Morgan fingerprint density at radius 3 is 1.42 bits per heavy atom. The summed E-state index contributed by atoms with van der Waals surface area (Å²) in [4.78, 5) is 33.5. The van der Waals surface area contributed by atoms with Crippen LogP contribution in [0.25, 0.3) is 0 Å². The molecular weight excluding hydrogens is 979 g/mol. The Balaban J connectivity index is 0.000000358. The van der Waals surface area contributed by atoms with E-state index in [9.17, 15) is 18.0 Å². The maximum absolute atomic E-state index is 12.7. The summed E-state index contributed by atoms with van der Waals surface area (Å²) in [5.74, 6) is 0.954. The summed E-state index contributed by atoms with van der Waals surface area (Å²) in [5, 5.41) is 9.65. The molecule has 5 heterocycles. The second kappa shape index (κ2) is 25.3. The molecule has 4 aromatic rings. The van der Waals surface area contributed by atoms with Crippen LogP contribution in [0.2, 0.25) is 5.02 Å². The average Bonchev–Trinajstić information content (AvgIpc) is 3.26. The largest absolute Gasteiger partial charge is 0.492 e. The minimum atomic E-state index is -4.34. The lowest BCUT2D eigenvalue weighted by Crippen LogP contribution is -2.49. The number of carbonyl (C=O) groups excluding carboxylic acids is 1. The van der Waals surface area contributed by atoms with E-state index in [1.807, 2.05) is 70.8 Å². The minimum absolute atomic E-state index is 0.0105. The van der Waals surface area contributed by atoms with Gasteiger partial charge in [0.05, 0.1) is 21.8 Å². The van der Waals surface area contributed by atoms with Gasteiger partial charge in [-0.3, -0.25) is 29.6 Å². The highest BCUT2D eigenvalue weighted by Crippen LogP contribution is 2.40. The molecule has 0 saturated carbocycles. The van der Waals surface area contributed by atoms with E-state index in [1.54, 1.807) is 12.4 Å². The molecule has 0 unspecified atom stereocenters. The van der Waals surface area contributed by atoms with Crippen LogP contribution in [-0.2, 0) is 54.3 Å². The normalized spacial score (nSPS) is 14.2. The zero-order valence-electron chi connectivity index (χ0n) is 51.1. The van der Waals surface area contributed by atoms with Crippen LogP contribution in [0.3, 0.4) is 0 Å². The Kier molecular flexibility index (Phi) is 22.4. The maximum atomic E-state index is 12.7. The number of halogens is 4. The van der Waals surface area contributed by atoms with Crippen molar-refractivity contribution >= 4 is 17.5 Å². The first-order valence-electron chi connectivity index (χ1n) is 26.6. The van der Waals surface area contributed by atoms with Gasteiger partial charge in [0, 0.05) is 102 Å². The monoisotopic (exact) mass is 1070 g/mol. The molecule has 1 aliphatic heterocycles. The molecule has 9 nitrogen and oxygen atoms in total. The fourth-order valence-corrected chi connectivity index (χ4v) is 8.71. The molecule has 422 valence electrons. The summed E-state index contributed by atoms with van der Waals surface area (Å²) < 4.78 is 44.5. The molecule has 4 aromatic heterocycles. The average molecular weight is 1070 g/mol. The number of hydrogen-bond donors (Lipinski definition) is 0. The van der Waals surface area contributed by atoms with Crippen molar-refractivity contribution in [2.45, 2.75) is 216 Å². The molecule has 0 atom stereocenters. The molecule has 0 aromatic carbocycles. The van der Waals surface area contributed by atoms with Crippen LogP contribution in [-0.4, -0.2) is 75.0 Å². The molecule has 1 amide bonds. The van der Waals surface area contributed by atoms with Gasteiger partial charge in [0.25, 0.3) is 0 Å². The molecule has 13 heteroatoms. The molecule has 0 radical (unpaired) electrons. The van der Waals surface area contributed by atoms with E-state index >= 15 is 0 Å². The van der Waals surface area contributed by atoms with Gasteiger partial charge >= 0.3 is 6.18 Å². The lowest BCUT2D eigenvalue weighted by molar-refractivity contribution is -0.138. The van der Waals surface area contributed by atoms with Gasteiger partial charge in [-0.1, -0.05) is 184 Å². The summed E-state index contributed by atoms with van der Waals surface area (Å²) in [6, 6.07) is 9.37. The number of piperazine rings is 1. The molecule has 0 bridgehead atoms. The van der Waals surface area contributed by atoms with Gasteiger partial charge in [0.1, 0.15) is 18.4 Å². The van der Waals surface area contributed by atoms with E-state index < -0.39 is 11.7 Å². The van der Waals surface area contributed by atoms with Gasteiger partial charge in [-0.25, -0.2) is 0 Å². The summed E-state index contributed by atoms with van der Waals surface area (Å²) >= 11 is 6.01. The second-order valence-electron chi connectivity index (χ2n) is 28.2. The van der Waals surface area contributed by atoms with Gasteiger partial charge in [0.15, 0.2) is 0 Å². The summed E-state index contributed by atoms with van der Waals surface area (Å²) in [6.45, 7) is 59.1. The van der Waals surface area contributed by atoms with Crippen molar-refractivity contribution in [3.05, 3.63) is 123 Å². The standard InChI is InChI=1S/C22H35N3O2.C14H20F3N.C14H20N2.C13H20ClN/c1-8-18(26)25-13-11-24(12-14-25)15-16-27-17-9-10-23-20(22(5,6)7)19(17)21(2,3)4;1-12(2,3)10-7-9(14(15,16)17)8-18-11(10)13(4,5)6;1-13(2,3)11-7-10(8-15)9-16-12(11)14(4,5)6;1-12(2,3)10-7-9(14)8-15-11(10)13(4,5)6/h8-10H,1,11-16H2,2-7H3;7-8H,1-6H3;7,9H,1-6H3;7-8H,1-6H3. The number of rotatable bonds is 5. The quantitative estimate of drug-likeness (QED) is 0.182. The molecule has 0 aliphatic carbocycles. The van der Waals surface area contributed by atoms with E-state index in [4.69, 9.17) is 21.6 Å². The number of alkyl halides is 3. The Labute approximate surface area is 462 Å². The molecule has 0 spiro atoms. The first-order valence-corrected chi connectivity index (χ1v) is 27.0. The Bertz CT molecular complexity index is 2610. The Hall–Kier alpha value is -4.86. The van der Waals surface area contributed by atoms with Crippen molar-refractivity contribution in [2.24, 2.45) is 0 Å². The van der Waals surface area contributed by atoms with E-state index in [-0.39, 0.29) is 49.2 Å². The minimum Gasteiger partial charge on any atom is -0.492 e. The summed E-state index contributed by atoms with van der Waals surface area (Å²) in [7, 11) is 0. The number of ether oxygens (including phenoxy) is 1. The third kappa shape index (κ3) is 20.2. The van der Waals surface area contributed by atoms with Crippen LogP contribution in [0.5, 0.6) is 5.75 Å². The van der Waals surface area contributed by atoms with Crippen LogP contribution >= 0.6 is 11.6 Å². The lowest BCUT2D eigenvalue weighted by Gasteiger charge is -2.34. The summed E-state index contributed by atoms with van der Waals surface area (Å²) in [6.07, 6.45) is 3.22. The van der Waals surface area contributed by atoms with Crippen LogP contribution < -0.4 is 4.74 Å². The molecule has 1 fully saturated rings. The van der Waals surface area contributed by atoms with Gasteiger partial charge in [0.2, 0.25) is 5.91 Å². The van der Waals surface area contributed by atoms with Crippen LogP contribution in [0.15, 0.2) is 61.7 Å². The molecule has 5 rings (SSSR count). The van der Waals surface area contributed by atoms with E-state index in [0.29, 0.717) is 22.8 Å². The first kappa shape index (κ1) is 67.3. The van der Waals surface area contributed by atoms with E-state index in [2.05, 4.69) is 162 Å². The van der Waals surface area contributed by atoms with Gasteiger partial charge in [-0.15, -0.1) is 0 Å². The van der Waals surface area contributed by atoms with Gasteiger partial charge < -0.3 is 9.64 Å². The second-order valence-corrected chi connectivity index (χ2v) is 28.6. The Morgan fingerprint density at radius 2 is 1.03 bits per heavy atom. The number of aromatic nitrogens is 4. The van der Waals surface area contributed by atoms with Crippen molar-refractivity contribution in [1.82, 2.24) is 29.7 Å². The summed E-state index contributed by atoms with van der Waals surface area (Å²) in [5.41, 5.74) is 7.73. The van der Waals surface area contributed by atoms with Crippen LogP contribution in [0.4, 0.5) is 13.2 Å². The number of amides is 1. The number of nitrogens with zero attached hydrogens (tertiary/aromatic N) is 7. The molecule has 1 aliphatic rings. The van der Waals surface area contributed by atoms with Crippen molar-refractivity contribution in [3.63, 3.8) is 0 Å². The number of carbonyl (C=O) groups is 1.